The number of amides is 1. The first-order chi connectivity index (χ1) is 37.7. The monoisotopic (exact) mass is 1100 g/mol. The number of fused-ring (bicyclic) bond motifs is 2. The topological polar surface area (TPSA) is 206 Å². The van der Waals surface area contributed by atoms with E-state index in [1.165, 1.54) is 23.5 Å². The van der Waals surface area contributed by atoms with E-state index in [2.05, 4.69) is 123 Å². The molecule has 0 aliphatic rings. The van der Waals surface area contributed by atoms with Crippen LogP contribution in [0.2, 0.25) is 0 Å². The van der Waals surface area contributed by atoms with Gasteiger partial charge >= 0.3 is 5.97 Å². The van der Waals surface area contributed by atoms with Gasteiger partial charge in [-0.2, -0.15) is 0 Å². The Hall–Kier alpha value is -8.00. The quantitative estimate of drug-likeness (QED) is 0.0564. The molecule has 8 rings (SSSR count). The average molecular weight is 1110 g/mol. The van der Waals surface area contributed by atoms with Gasteiger partial charge in [0.25, 0.3) is 5.91 Å². The van der Waals surface area contributed by atoms with Gasteiger partial charge in [0, 0.05) is 71.4 Å². The van der Waals surface area contributed by atoms with Crippen LogP contribution in [0.3, 0.4) is 0 Å². The summed E-state index contributed by atoms with van der Waals surface area (Å²) >= 11 is 0. The number of anilines is 2. The minimum absolute atomic E-state index is 0. The van der Waals surface area contributed by atoms with E-state index in [9.17, 15) is 19.2 Å². The minimum atomic E-state index is -0.588. The molecule has 0 saturated carbocycles. The molecule has 0 spiro atoms. The van der Waals surface area contributed by atoms with Gasteiger partial charge in [-0.3, -0.25) is 14.4 Å². The summed E-state index contributed by atoms with van der Waals surface area (Å²) in [5.41, 5.74) is 14.9. The van der Waals surface area contributed by atoms with Gasteiger partial charge in [0.05, 0.1) is 6.61 Å². The van der Waals surface area contributed by atoms with Crippen molar-refractivity contribution in [2.75, 3.05) is 31.4 Å². The first-order valence-electron chi connectivity index (χ1n) is 26.9. The summed E-state index contributed by atoms with van der Waals surface area (Å²) in [4.78, 5) is 55.8. The standard InChI is InChI=1S/C31H34N2O3.C21H29NO.C12H11NO3.C2H6O.CH4O.CH4/c1-30(2,3)23-16-24(31(4,5)6)27(36-19-20-12-8-7-9-13-20)17-26(23)33-29(35)22-18-32-25-15-11-10-14-21(25)28(22)34;1-20(2,3)16-12-17(21(4,5)6)19(13-18(16)22)23-14-15-10-8-7-9-11-15;1-2-16-12(15)9-7-13-10-6-4-3-5-8(10)11(9)14;1-2-3;1-2;/h7-18H,19H2,1-6H3,(H,32,34)(H,33,35);7-13H,14,22H2,1-6H3;3-7H,2H2,1H3,(H,13,14);3H,2H2,1H3;2H,1H3;1H4. The van der Waals surface area contributed by atoms with Crippen molar-refractivity contribution in [2.45, 2.75) is 139 Å². The smallest absolute Gasteiger partial charge is 0.343 e. The van der Waals surface area contributed by atoms with Gasteiger partial charge in [-0.1, -0.05) is 175 Å². The molecule has 1 amide bonds. The number of aliphatic hydroxyl groups is 2. The zero-order valence-electron chi connectivity index (χ0n) is 49.5. The molecule has 0 atom stereocenters. The molecular formula is C68H88N4O9. The summed E-state index contributed by atoms with van der Waals surface area (Å²) in [6, 6.07) is 42.7. The van der Waals surface area contributed by atoms with Crippen LogP contribution in [0.4, 0.5) is 11.4 Å². The fourth-order valence-electron chi connectivity index (χ4n) is 8.48. The van der Waals surface area contributed by atoms with E-state index < -0.39 is 11.9 Å². The second-order valence-electron chi connectivity index (χ2n) is 23.0. The summed E-state index contributed by atoms with van der Waals surface area (Å²) in [7, 11) is 1.00. The average Bonchev–Trinajstić information content (AvgIpc) is 3.40. The van der Waals surface area contributed by atoms with Crippen LogP contribution in [0.25, 0.3) is 21.8 Å². The number of H-pyrrole nitrogens is 2. The number of aromatic amines is 2. The molecular weight excluding hydrogens is 1020 g/mol. The molecule has 81 heavy (non-hydrogen) atoms. The van der Waals surface area contributed by atoms with Gasteiger partial charge in [-0.25, -0.2) is 4.79 Å². The predicted molar refractivity (Wildman–Crippen MR) is 334 cm³/mol. The number of benzene rings is 6. The third kappa shape index (κ3) is 18.8. The minimum Gasteiger partial charge on any atom is -0.489 e. The van der Waals surface area contributed by atoms with Crippen LogP contribution in [0.5, 0.6) is 11.5 Å². The number of carbonyl (C=O) groups excluding carboxylic acids is 2. The highest BCUT2D eigenvalue weighted by Gasteiger charge is 2.29. The van der Waals surface area contributed by atoms with E-state index >= 15 is 0 Å². The zero-order valence-corrected chi connectivity index (χ0v) is 49.5. The number of nitrogens with one attached hydrogen (secondary N) is 3. The van der Waals surface area contributed by atoms with Crippen molar-refractivity contribution in [2.24, 2.45) is 0 Å². The number of aliphatic hydroxyl groups excluding tert-OH is 2. The molecule has 6 aromatic carbocycles. The van der Waals surface area contributed by atoms with Crippen molar-refractivity contribution in [3.63, 3.8) is 0 Å². The molecule has 0 fully saturated rings. The van der Waals surface area contributed by atoms with Crippen molar-refractivity contribution in [3.8, 4) is 11.5 Å². The second-order valence-corrected chi connectivity index (χ2v) is 23.0. The number of ether oxygens (including phenoxy) is 3. The molecule has 13 nitrogen and oxygen atoms in total. The van der Waals surface area contributed by atoms with Crippen LogP contribution >= 0.6 is 0 Å². The first kappa shape index (κ1) is 67.3. The molecule has 2 heterocycles. The third-order valence-electron chi connectivity index (χ3n) is 12.5. The lowest BCUT2D eigenvalue weighted by Crippen LogP contribution is -2.25. The Morgan fingerprint density at radius 1 is 0.531 bits per heavy atom. The summed E-state index contributed by atoms with van der Waals surface area (Å²) in [5, 5.41) is 18.6. The lowest BCUT2D eigenvalue weighted by molar-refractivity contribution is 0.0524. The molecule has 0 radical (unpaired) electrons. The van der Waals surface area contributed by atoms with Crippen LogP contribution in [0.15, 0.2) is 155 Å². The number of para-hydroxylation sites is 2. The third-order valence-corrected chi connectivity index (χ3v) is 12.5. The lowest BCUT2D eigenvalue weighted by atomic mass is 9.79. The number of aromatic nitrogens is 2. The normalized spacial score (nSPS) is 11.1. The van der Waals surface area contributed by atoms with Crippen molar-refractivity contribution in [3.05, 3.63) is 211 Å². The molecule has 0 aliphatic carbocycles. The van der Waals surface area contributed by atoms with E-state index in [1.54, 1.807) is 44.2 Å². The van der Waals surface area contributed by atoms with Crippen LogP contribution < -0.4 is 31.4 Å². The highest BCUT2D eigenvalue weighted by Crippen LogP contribution is 2.42. The molecule has 2 aromatic heterocycles. The van der Waals surface area contributed by atoms with E-state index in [0.29, 0.717) is 46.5 Å². The number of hydrogen-bond acceptors (Lipinski definition) is 10. The van der Waals surface area contributed by atoms with Crippen LogP contribution in [0.1, 0.15) is 158 Å². The summed E-state index contributed by atoms with van der Waals surface area (Å²) in [5.74, 6) is 0.549. The summed E-state index contributed by atoms with van der Waals surface area (Å²) in [6.07, 6.45) is 2.87. The largest absolute Gasteiger partial charge is 0.489 e. The molecule has 0 bridgehead atoms. The first-order valence-corrected chi connectivity index (χ1v) is 26.9. The molecule has 0 unspecified atom stereocenters. The molecule has 0 aliphatic heterocycles. The van der Waals surface area contributed by atoms with Crippen molar-refractivity contribution >= 4 is 45.1 Å². The van der Waals surface area contributed by atoms with Gasteiger partial charge in [0.15, 0.2) is 0 Å². The number of hydrogen-bond donors (Lipinski definition) is 6. The molecule has 0 saturated heterocycles. The number of esters is 1. The lowest BCUT2D eigenvalue weighted by Gasteiger charge is -2.30. The highest BCUT2D eigenvalue weighted by molar-refractivity contribution is 6.06. The predicted octanol–water partition coefficient (Wildman–Crippen LogP) is 14.3. The second kappa shape index (κ2) is 30.0. The number of nitrogen functional groups attached to an aromatic ring is 1. The Bertz CT molecular complexity index is 3410. The van der Waals surface area contributed by atoms with Crippen LogP contribution in [-0.2, 0) is 39.6 Å². The van der Waals surface area contributed by atoms with Crippen molar-refractivity contribution < 1.29 is 34.0 Å². The van der Waals surface area contributed by atoms with E-state index in [1.807, 2.05) is 78.9 Å². The highest BCUT2D eigenvalue weighted by atomic mass is 16.5. The fraction of sp³-hybridized carbons (Fsp3) is 0.353. The van der Waals surface area contributed by atoms with Crippen molar-refractivity contribution in [1.29, 1.82) is 0 Å². The Balaban J connectivity index is 0.000000328. The maximum Gasteiger partial charge on any atom is 0.343 e. The number of pyridine rings is 2. The Morgan fingerprint density at radius 2 is 0.901 bits per heavy atom. The zero-order chi connectivity index (χ0) is 59.6. The molecule has 13 heteroatoms. The van der Waals surface area contributed by atoms with Gasteiger partial charge in [0.2, 0.25) is 10.9 Å². The maximum absolute atomic E-state index is 13.4. The molecule has 434 valence electrons. The molecule has 8 aromatic rings. The summed E-state index contributed by atoms with van der Waals surface area (Å²) < 4.78 is 17.2. The Labute approximate surface area is 480 Å². The van der Waals surface area contributed by atoms with E-state index in [4.69, 9.17) is 30.2 Å². The van der Waals surface area contributed by atoms with Gasteiger partial charge in [-0.05, 0) is 105 Å². The van der Waals surface area contributed by atoms with Gasteiger partial charge in [-0.15, -0.1) is 0 Å². The van der Waals surface area contributed by atoms with Crippen LogP contribution in [-0.4, -0.2) is 52.4 Å². The van der Waals surface area contributed by atoms with Gasteiger partial charge in [0.1, 0.15) is 35.8 Å². The molecule has 7 N–H and O–H groups in total. The summed E-state index contributed by atoms with van der Waals surface area (Å²) in [6.45, 7) is 30.8. The van der Waals surface area contributed by atoms with Crippen molar-refractivity contribution in [1.82, 2.24) is 9.97 Å². The number of nitrogens with two attached hydrogens (primary N) is 1. The number of carbonyl (C=O) groups is 2. The fourth-order valence-corrected chi connectivity index (χ4v) is 8.48. The number of rotatable bonds is 10. The SMILES string of the molecule is C.CC(C)(C)c1cc(C(C)(C)C)c(OCc2ccccc2)cc1N.CC(C)(C)c1cc(C(C)(C)C)c(OCc2ccccc2)cc1NC(=O)c1c[nH]c2ccccc2c1=O.CCO.CCOC(=O)c1c[nH]c2ccccc2c1=O.CO. The Morgan fingerprint density at radius 3 is 1.32 bits per heavy atom. The Kier molecular flexibility index (Phi) is 24.9. The van der Waals surface area contributed by atoms with Gasteiger partial charge < -0.3 is 45.4 Å². The maximum atomic E-state index is 13.4. The van der Waals surface area contributed by atoms with E-state index in [-0.39, 0.29) is 64.3 Å². The van der Waals surface area contributed by atoms with Crippen LogP contribution in [0, 0.1) is 0 Å². The van der Waals surface area contributed by atoms with E-state index in [0.717, 1.165) is 40.8 Å².